The highest BCUT2D eigenvalue weighted by atomic mass is 127. The van der Waals surface area contributed by atoms with Crippen LogP contribution in [0.25, 0.3) is 0 Å². The van der Waals surface area contributed by atoms with Gasteiger partial charge in [0.05, 0.1) is 5.56 Å². The zero-order valence-electron chi connectivity index (χ0n) is 11.6. The van der Waals surface area contributed by atoms with Gasteiger partial charge < -0.3 is 10.6 Å². The zero-order valence-corrected chi connectivity index (χ0v) is 15.4. The van der Waals surface area contributed by atoms with Crippen molar-refractivity contribution in [1.82, 2.24) is 4.90 Å². The molecule has 5 heteroatoms. The van der Waals surface area contributed by atoms with Gasteiger partial charge in [0, 0.05) is 26.8 Å². The Morgan fingerprint density at radius 2 is 1.90 bits per heavy atom. The van der Waals surface area contributed by atoms with E-state index in [4.69, 9.17) is 5.73 Å². The smallest absolute Gasteiger partial charge is 0.255 e. The molecule has 0 atom stereocenters. The van der Waals surface area contributed by atoms with Crippen LogP contribution < -0.4 is 5.73 Å². The topological polar surface area (TPSA) is 46.3 Å². The predicted molar refractivity (Wildman–Crippen MR) is 98.1 cm³/mol. The third-order valence-corrected chi connectivity index (χ3v) is 4.61. The number of hydrogen-bond donors (Lipinski definition) is 1. The normalized spacial score (nSPS) is 10.4. The molecule has 0 bridgehead atoms. The van der Waals surface area contributed by atoms with Crippen LogP contribution in [0.5, 0.6) is 0 Å². The highest BCUT2D eigenvalue weighted by molar-refractivity contribution is 14.1. The van der Waals surface area contributed by atoms with Gasteiger partial charge in [-0.05, 0) is 65.4 Å². The number of hydrogen-bond acceptors (Lipinski definition) is 2. The molecule has 110 valence electrons. The van der Waals surface area contributed by atoms with Crippen molar-refractivity contribution < 1.29 is 4.79 Å². The molecule has 0 radical (unpaired) electrons. The van der Waals surface area contributed by atoms with Crippen LogP contribution in [0.1, 0.15) is 22.8 Å². The Balaban J connectivity index is 2.22. The van der Waals surface area contributed by atoms with Crippen molar-refractivity contribution in [3.8, 4) is 0 Å². The van der Waals surface area contributed by atoms with Gasteiger partial charge in [0.1, 0.15) is 0 Å². The Labute approximate surface area is 146 Å². The summed E-state index contributed by atoms with van der Waals surface area (Å²) in [6, 6.07) is 13.4. The molecule has 0 spiro atoms. The van der Waals surface area contributed by atoms with E-state index >= 15 is 0 Å². The second-order valence-electron chi connectivity index (χ2n) is 4.69. The zero-order chi connectivity index (χ0) is 15.4. The summed E-state index contributed by atoms with van der Waals surface area (Å²) in [7, 11) is 0. The number of rotatable bonds is 4. The first-order chi connectivity index (χ1) is 10.0. The molecule has 0 aromatic heterocycles. The lowest BCUT2D eigenvalue weighted by atomic mass is 10.1. The van der Waals surface area contributed by atoms with Gasteiger partial charge in [0.15, 0.2) is 0 Å². The van der Waals surface area contributed by atoms with Gasteiger partial charge in [0.2, 0.25) is 0 Å². The van der Waals surface area contributed by atoms with Crippen LogP contribution in [0.2, 0.25) is 0 Å². The van der Waals surface area contributed by atoms with E-state index in [0.29, 0.717) is 13.1 Å². The molecule has 2 rings (SSSR count). The van der Waals surface area contributed by atoms with Gasteiger partial charge in [-0.15, -0.1) is 0 Å². The lowest BCUT2D eigenvalue weighted by Crippen LogP contribution is -2.30. The fraction of sp³-hybridized carbons (Fsp3) is 0.188. The predicted octanol–water partition coefficient (Wildman–Crippen LogP) is 4.30. The summed E-state index contributed by atoms with van der Waals surface area (Å²) in [4.78, 5) is 14.5. The van der Waals surface area contributed by atoms with Crippen LogP contribution in [0, 0.1) is 3.57 Å². The summed E-state index contributed by atoms with van der Waals surface area (Å²) >= 11 is 5.61. The Morgan fingerprint density at radius 3 is 2.52 bits per heavy atom. The Hall–Kier alpha value is -1.08. The van der Waals surface area contributed by atoms with Crippen molar-refractivity contribution in [3.63, 3.8) is 0 Å². The number of anilines is 1. The molecule has 21 heavy (non-hydrogen) atoms. The van der Waals surface area contributed by atoms with Crippen molar-refractivity contribution in [1.29, 1.82) is 0 Å². The molecule has 0 aliphatic rings. The Kier molecular flexibility index (Phi) is 5.64. The SMILES string of the molecule is CCN(Cc1ccc(N)cc1)C(=O)c1cc(Br)ccc1I. The minimum absolute atomic E-state index is 0.0417. The maximum atomic E-state index is 12.7. The largest absolute Gasteiger partial charge is 0.399 e. The van der Waals surface area contributed by atoms with Crippen molar-refractivity contribution in [2.24, 2.45) is 0 Å². The summed E-state index contributed by atoms with van der Waals surface area (Å²) in [5.41, 5.74) is 8.22. The molecule has 2 aromatic carbocycles. The third-order valence-electron chi connectivity index (χ3n) is 3.18. The standard InChI is InChI=1S/C16H16BrIN2O/c1-2-20(10-11-3-6-13(19)7-4-11)16(21)14-9-12(17)5-8-15(14)18/h3-9H,2,10,19H2,1H3. The van der Waals surface area contributed by atoms with Crippen molar-refractivity contribution >= 4 is 50.1 Å². The molecule has 1 amide bonds. The summed E-state index contributed by atoms with van der Waals surface area (Å²) in [6.07, 6.45) is 0. The Morgan fingerprint density at radius 1 is 1.24 bits per heavy atom. The van der Waals surface area contributed by atoms with Crippen LogP contribution >= 0.6 is 38.5 Å². The number of carbonyl (C=O) groups excluding carboxylic acids is 1. The number of nitrogen functional groups attached to an aromatic ring is 1. The van der Waals surface area contributed by atoms with Gasteiger partial charge in [-0.1, -0.05) is 28.1 Å². The van der Waals surface area contributed by atoms with Gasteiger partial charge in [0.25, 0.3) is 5.91 Å². The highest BCUT2D eigenvalue weighted by Gasteiger charge is 2.17. The fourth-order valence-electron chi connectivity index (χ4n) is 2.00. The fourth-order valence-corrected chi connectivity index (χ4v) is 2.93. The first-order valence-electron chi connectivity index (χ1n) is 6.60. The molecule has 2 aromatic rings. The molecular weight excluding hydrogens is 443 g/mol. The van der Waals surface area contributed by atoms with Gasteiger partial charge in [-0.3, -0.25) is 4.79 Å². The quantitative estimate of drug-likeness (QED) is 0.548. The van der Waals surface area contributed by atoms with Crippen LogP contribution in [0.15, 0.2) is 46.9 Å². The number of benzene rings is 2. The second-order valence-corrected chi connectivity index (χ2v) is 6.76. The minimum Gasteiger partial charge on any atom is -0.399 e. The molecule has 3 nitrogen and oxygen atoms in total. The maximum absolute atomic E-state index is 12.7. The van der Waals surface area contributed by atoms with Gasteiger partial charge in [-0.2, -0.15) is 0 Å². The van der Waals surface area contributed by atoms with E-state index in [-0.39, 0.29) is 5.91 Å². The summed E-state index contributed by atoms with van der Waals surface area (Å²) < 4.78 is 1.87. The third kappa shape index (κ3) is 4.20. The number of carbonyl (C=O) groups is 1. The molecule has 0 aliphatic heterocycles. The van der Waals surface area contributed by atoms with Gasteiger partial charge in [-0.25, -0.2) is 0 Å². The molecule has 2 N–H and O–H groups in total. The van der Waals surface area contributed by atoms with E-state index in [1.165, 1.54) is 0 Å². The van der Waals surface area contributed by atoms with E-state index in [1.54, 1.807) is 0 Å². The van der Waals surface area contributed by atoms with Crippen LogP contribution in [-0.2, 0) is 6.54 Å². The molecule has 0 saturated carbocycles. The van der Waals surface area contributed by atoms with Crippen LogP contribution in [0.3, 0.4) is 0 Å². The Bertz CT molecular complexity index is 643. The van der Waals surface area contributed by atoms with Crippen molar-refractivity contribution in [2.45, 2.75) is 13.5 Å². The molecule has 0 saturated heterocycles. The molecule has 0 aliphatic carbocycles. The number of nitrogens with zero attached hydrogens (tertiary/aromatic N) is 1. The van der Waals surface area contributed by atoms with E-state index in [2.05, 4.69) is 38.5 Å². The second kappa shape index (κ2) is 7.26. The summed E-state index contributed by atoms with van der Waals surface area (Å²) in [6.45, 7) is 3.23. The first kappa shape index (κ1) is 16.3. The first-order valence-corrected chi connectivity index (χ1v) is 8.47. The van der Waals surface area contributed by atoms with Crippen molar-refractivity contribution in [3.05, 3.63) is 61.6 Å². The number of halogens is 2. The number of amides is 1. The lowest BCUT2D eigenvalue weighted by molar-refractivity contribution is 0.0751. The van der Waals surface area contributed by atoms with E-state index in [0.717, 1.165) is 24.9 Å². The van der Waals surface area contributed by atoms with Crippen molar-refractivity contribution in [2.75, 3.05) is 12.3 Å². The molecular formula is C16H16BrIN2O. The van der Waals surface area contributed by atoms with Crippen LogP contribution in [0.4, 0.5) is 5.69 Å². The minimum atomic E-state index is 0.0417. The average Bonchev–Trinajstić information content (AvgIpc) is 2.48. The van der Waals surface area contributed by atoms with E-state index < -0.39 is 0 Å². The molecule has 0 unspecified atom stereocenters. The number of nitrogens with two attached hydrogens (primary N) is 1. The molecule has 0 fully saturated rings. The van der Waals surface area contributed by atoms with Gasteiger partial charge >= 0.3 is 0 Å². The maximum Gasteiger partial charge on any atom is 0.255 e. The molecule has 0 heterocycles. The summed E-state index contributed by atoms with van der Waals surface area (Å²) in [5, 5.41) is 0. The van der Waals surface area contributed by atoms with Crippen LogP contribution in [-0.4, -0.2) is 17.4 Å². The van der Waals surface area contributed by atoms with E-state index in [9.17, 15) is 4.79 Å². The monoisotopic (exact) mass is 458 g/mol. The van der Waals surface area contributed by atoms with E-state index in [1.807, 2.05) is 54.3 Å². The highest BCUT2D eigenvalue weighted by Crippen LogP contribution is 2.21. The lowest BCUT2D eigenvalue weighted by Gasteiger charge is -2.22. The summed E-state index contributed by atoms with van der Waals surface area (Å²) in [5.74, 6) is 0.0417. The average molecular weight is 459 g/mol.